The van der Waals surface area contributed by atoms with Gasteiger partial charge in [0.25, 0.3) is 5.89 Å². The van der Waals surface area contributed by atoms with Gasteiger partial charge in [-0.3, -0.25) is 0 Å². The molecule has 1 atom stereocenters. The van der Waals surface area contributed by atoms with Gasteiger partial charge in [0.05, 0.1) is 6.61 Å². The Kier molecular flexibility index (Phi) is 4.52. The molecular weight excluding hydrogens is 242 g/mol. The molecule has 102 valence electrons. The summed E-state index contributed by atoms with van der Waals surface area (Å²) < 4.78 is 10.8. The van der Waals surface area contributed by atoms with Gasteiger partial charge in [-0.25, -0.2) is 0 Å². The second kappa shape index (κ2) is 6.33. The van der Waals surface area contributed by atoms with Crippen LogP contribution in [0.3, 0.4) is 0 Å². The molecule has 5 nitrogen and oxygen atoms in total. The highest BCUT2D eigenvalue weighted by molar-refractivity contribution is 5.55. The van der Waals surface area contributed by atoms with E-state index in [-0.39, 0.29) is 5.92 Å². The average molecular weight is 261 g/mol. The first kappa shape index (κ1) is 13.5. The van der Waals surface area contributed by atoms with Gasteiger partial charge < -0.3 is 15.0 Å². The monoisotopic (exact) mass is 261 g/mol. The predicted octanol–water partition coefficient (Wildman–Crippen LogP) is 2.59. The summed E-state index contributed by atoms with van der Waals surface area (Å²) in [4.78, 5) is 4.36. The van der Waals surface area contributed by atoms with Crippen LogP contribution < -0.4 is 10.5 Å². The summed E-state index contributed by atoms with van der Waals surface area (Å²) in [6.45, 7) is 5.24. The minimum atomic E-state index is 0.0945. The van der Waals surface area contributed by atoms with Crippen LogP contribution in [0.15, 0.2) is 28.8 Å². The van der Waals surface area contributed by atoms with E-state index in [4.69, 9.17) is 15.0 Å². The zero-order valence-electron chi connectivity index (χ0n) is 11.3. The number of hydrogen-bond acceptors (Lipinski definition) is 5. The van der Waals surface area contributed by atoms with Crippen molar-refractivity contribution in [3.8, 4) is 17.2 Å². The molecule has 0 amide bonds. The Morgan fingerprint density at radius 2 is 2.26 bits per heavy atom. The largest absolute Gasteiger partial charge is 0.494 e. The third-order valence-electron chi connectivity index (χ3n) is 2.79. The van der Waals surface area contributed by atoms with Gasteiger partial charge in [-0.05, 0) is 24.6 Å². The highest BCUT2D eigenvalue weighted by atomic mass is 16.5. The molecule has 1 heterocycles. The highest BCUT2D eigenvalue weighted by Crippen LogP contribution is 2.23. The van der Waals surface area contributed by atoms with Gasteiger partial charge in [0.2, 0.25) is 0 Å². The molecule has 0 saturated heterocycles. The number of ether oxygens (including phenoxy) is 1. The van der Waals surface area contributed by atoms with Crippen molar-refractivity contribution in [2.75, 3.05) is 13.2 Å². The van der Waals surface area contributed by atoms with Crippen LogP contribution in [-0.2, 0) is 0 Å². The predicted molar refractivity (Wildman–Crippen MR) is 73.0 cm³/mol. The van der Waals surface area contributed by atoms with Gasteiger partial charge in [0.15, 0.2) is 5.82 Å². The van der Waals surface area contributed by atoms with Crippen molar-refractivity contribution < 1.29 is 9.26 Å². The van der Waals surface area contributed by atoms with Crippen LogP contribution in [0.4, 0.5) is 0 Å². The molecular formula is C14H19N3O2. The fourth-order valence-corrected chi connectivity index (χ4v) is 1.60. The molecule has 1 aromatic carbocycles. The summed E-state index contributed by atoms with van der Waals surface area (Å²) in [5.74, 6) is 2.04. The summed E-state index contributed by atoms with van der Waals surface area (Å²) in [6.07, 6.45) is 0.975. The SMILES string of the molecule is CCCOc1cccc(-c2nc(C(C)CN)no2)c1. The summed E-state index contributed by atoms with van der Waals surface area (Å²) >= 11 is 0. The molecule has 0 bridgehead atoms. The van der Waals surface area contributed by atoms with Crippen molar-refractivity contribution in [3.63, 3.8) is 0 Å². The molecule has 2 rings (SSSR count). The molecule has 19 heavy (non-hydrogen) atoms. The van der Waals surface area contributed by atoms with Gasteiger partial charge in [-0.15, -0.1) is 0 Å². The summed E-state index contributed by atoms with van der Waals surface area (Å²) in [6, 6.07) is 7.65. The number of hydrogen-bond donors (Lipinski definition) is 1. The lowest BCUT2D eigenvalue weighted by atomic mass is 10.2. The van der Waals surface area contributed by atoms with Gasteiger partial charge in [-0.1, -0.05) is 25.1 Å². The Bertz CT molecular complexity index is 525. The number of rotatable bonds is 6. The maximum absolute atomic E-state index is 5.59. The molecule has 2 N–H and O–H groups in total. The topological polar surface area (TPSA) is 74.2 Å². The van der Waals surface area contributed by atoms with Crippen molar-refractivity contribution in [1.82, 2.24) is 10.1 Å². The Labute approximate surface area is 112 Å². The van der Waals surface area contributed by atoms with E-state index < -0.39 is 0 Å². The van der Waals surface area contributed by atoms with Gasteiger partial charge in [-0.2, -0.15) is 4.98 Å². The van der Waals surface area contributed by atoms with E-state index in [1.165, 1.54) is 0 Å². The fourth-order valence-electron chi connectivity index (χ4n) is 1.60. The second-order valence-electron chi connectivity index (χ2n) is 4.47. The van der Waals surface area contributed by atoms with Crippen molar-refractivity contribution in [3.05, 3.63) is 30.1 Å². The third kappa shape index (κ3) is 3.32. The van der Waals surface area contributed by atoms with Crippen molar-refractivity contribution in [2.45, 2.75) is 26.2 Å². The molecule has 0 aliphatic heterocycles. The third-order valence-corrected chi connectivity index (χ3v) is 2.79. The van der Waals surface area contributed by atoms with Gasteiger partial charge in [0, 0.05) is 18.0 Å². The van der Waals surface area contributed by atoms with Crippen LogP contribution in [0, 0.1) is 0 Å². The van der Waals surface area contributed by atoms with E-state index in [1.807, 2.05) is 31.2 Å². The highest BCUT2D eigenvalue weighted by Gasteiger charge is 2.13. The van der Waals surface area contributed by atoms with Gasteiger partial charge in [0.1, 0.15) is 5.75 Å². The molecule has 2 aromatic rings. The van der Waals surface area contributed by atoms with E-state index in [9.17, 15) is 0 Å². The van der Waals surface area contributed by atoms with E-state index >= 15 is 0 Å². The molecule has 1 aromatic heterocycles. The fraction of sp³-hybridized carbons (Fsp3) is 0.429. The van der Waals surface area contributed by atoms with Crippen molar-refractivity contribution in [1.29, 1.82) is 0 Å². The first-order valence-corrected chi connectivity index (χ1v) is 6.51. The first-order valence-electron chi connectivity index (χ1n) is 6.51. The quantitative estimate of drug-likeness (QED) is 0.865. The number of nitrogens with two attached hydrogens (primary N) is 1. The van der Waals surface area contributed by atoms with Crippen LogP contribution in [0.2, 0.25) is 0 Å². The van der Waals surface area contributed by atoms with Crippen LogP contribution in [0.5, 0.6) is 5.75 Å². The van der Waals surface area contributed by atoms with Crippen molar-refractivity contribution in [2.24, 2.45) is 5.73 Å². The maximum Gasteiger partial charge on any atom is 0.258 e. The molecule has 0 aliphatic carbocycles. The van der Waals surface area contributed by atoms with Crippen LogP contribution in [0.1, 0.15) is 32.0 Å². The number of aromatic nitrogens is 2. The second-order valence-corrected chi connectivity index (χ2v) is 4.47. The summed E-state index contributed by atoms with van der Waals surface area (Å²) in [5.41, 5.74) is 6.45. The van der Waals surface area contributed by atoms with Crippen LogP contribution in [-0.4, -0.2) is 23.3 Å². The van der Waals surface area contributed by atoms with Crippen molar-refractivity contribution >= 4 is 0 Å². The minimum Gasteiger partial charge on any atom is -0.494 e. The lowest BCUT2D eigenvalue weighted by Crippen LogP contribution is -2.10. The molecule has 0 saturated carbocycles. The zero-order chi connectivity index (χ0) is 13.7. The van der Waals surface area contributed by atoms with Gasteiger partial charge >= 0.3 is 0 Å². The Morgan fingerprint density at radius 1 is 1.42 bits per heavy atom. The molecule has 0 aliphatic rings. The van der Waals surface area contributed by atoms with E-state index in [2.05, 4.69) is 17.1 Å². The summed E-state index contributed by atoms with van der Waals surface area (Å²) in [5, 5.41) is 3.95. The average Bonchev–Trinajstić information content (AvgIpc) is 2.94. The Morgan fingerprint density at radius 3 is 3.00 bits per heavy atom. The zero-order valence-corrected chi connectivity index (χ0v) is 11.3. The minimum absolute atomic E-state index is 0.0945. The van der Waals surface area contributed by atoms with E-state index in [0.29, 0.717) is 24.9 Å². The first-order chi connectivity index (χ1) is 9.24. The smallest absolute Gasteiger partial charge is 0.258 e. The number of nitrogens with zero attached hydrogens (tertiary/aromatic N) is 2. The van der Waals surface area contributed by atoms with Crippen LogP contribution in [0.25, 0.3) is 11.5 Å². The Hall–Kier alpha value is -1.88. The lowest BCUT2D eigenvalue weighted by Gasteiger charge is -2.04. The normalized spacial score (nSPS) is 12.4. The molecule has 5 heteroatoms. The van der Waals surface area contributed by atoms with Crippen LogP contribution >= 0.6 is 0 Å². The molecule has 0 radical (unpaired) electrons. The number of benzene rings is 1. The molecule has 1 unspecified atom stereocenters. The van der Waals surface area contributed by atoms with E-state index in [1.54, 1.807) is 0 Å². The summed E-state index contributed by atoms with van der Waals surface area (Å²) in [7, 11) is 0. The molecule has 0 fully saturated rings. The lowest BCUT2D eigenvalue weighted by molar-refractivity contribution is 0.317. The Balaban J connectivity index is 2.19. The van der Waals surface area contributed by atoms with E-state index in [0.717, 1.165) is 17.7 Å². The molecule has 0 spiro atoms. The standard InChI is InChI=1S/C14H19N3O2/c1-3-7-18-12-6-4-5-11(8-12)14-16-13(17-19-14)10(2)9-15/h4-6,8,10H,3,7,9,15H2,1-2H3. The maximum atomic E-state index is 5.59.